The molecule has 0 aromatic heterocycles. The Morgan fingerprint density at radius 2 is 1.69 bits per heavy atom. The van der Waals surface area contributed by atoms with Gasteiger partial charge in [0.2, 0.25) is 0 Å². The number of piperidine rings is 1. The van der Waals surface area contributed by atoms with Gasteiger partial charge in [-0.05, 0) is 11.6 Å². The van der Waals surface area contributed by atoms with E-state index in [1.54, 1.807) is 4.90 Å². The quantitative estimate of drug-likeness (QED) is 0.833. The van der Waals surface area contributed by atoms with Gasteiger partial charge < -0.3 is 19.7 Å². The summed E-state index contributed by atoms with van der Waals surface area (Å²) < 4.78 is 10.2. The molecule has 0 atom stereocenters. The van der Waals surface area contributed by atoms with Crippen LogP contribution in [0.2, 0.25) is 0 Å². The van der Waals surface area contributed by atoms with E-state index < -0.39 is 11.8 Å². The third kappa shape index (κ3) is 3.22. The number of nitrogens with zero attached hydrogens (tertiary/aromatic N) is 1. The number of carbonyl (C=O) groups excluding carboxylic acids is 2. The predicted molar refractivity (Wildman–Crippen MR) is 96.9 cm³/mol. The van der Waals surface area contributed by atoms with Crippen molar-refractivity contribution in [3.63, 3.8) is 0 Å². The summed E-state index contributed by atoms with van der Waals surface area (Å²) in [5.74, 6) is 0. The van der Waals surface area contributed by atoms with Crippen molar-refractivity contribution in [3.8, 4) is 11.1 Å². The van der Waals surface area contributed by atoms with Gasteiger partial charge in [0.15, 0.2) is 5.60 Å². The zero-order valence-electron chi connectivity index (χ0n) is 14.3. The molecule has 0 saturated carbocycles. The molecule has 0 aliphatic carbocycles. The Hall–Kier alpha value is -3.02. The van der Waals surface area contributed by atoms with E-state index in [-0.39, 0.29) is 12.6 Å². The average Bonchev–Trinajstić information content (AvgIpc) is 3.03. The standard InChI is InChI=1S/C20H20N2O4/c23-18(22-12-10-20(11-13-22)14-25-19(24)26-20)21-17-9-5-4-8-16(17)15-6-2-1-3-7-15/h1-9H,10-14H2,(H,21,23). The van der Waals surface area contributed by atoms with E-state index in [1.807, 2.05) is 54.6 Å². The van der Waals surface area contributed by atoms with E-state index in [9.17, 15) is 9.59 Å². The van der Waals surface area contributed by atoms with Crippen molar-refractivity contribution in [3.05, 3.63) is 54.6 Å². The van der Waals surface area contributed by atoms with Crippen molar-refractivity contribution in [2.45, 2.75) is 18.4 Å². The number of rotatable bonds is 2. The smallest absolute Gasteiger partial charge is 0.430 e. The summed E-state index contributed by atoms with van der Waals surface area (Å²) in [4.78, 5) is 25.7. The van der Waals surface area contributed by atoms with Gasteiger partial charge in [0.1, 0.15) is 6.61 Å². The number of urea groups is 1. The highest BCUT2D eigenvalue weighted by atomic mass is 16.8. The van der Waals surface area contributed by atoms with Crippen molar-refractivity contribution in [1.29, 1.82) is 0 Å². The number of para-hydroxylation sites is 1. The maximum atomic E-state index is 12.7. The lowest BCUT2D eigenvalue weighted by Crippen LogP contribution is -2.49. The second-order valence-electron chi connectivity index (χ2n) is 6.65. The van der Waals surface area contributed by atoms with Crippen LogP contribution in [-0.2, 0) is 9.47 Å². The van der Waals surface area contributed by atoms with Crippen LogP contribution >= 0.6 is 0 Å². The zero-order chi connectivity index (χ0) is 18.0. The molecule has 26 heavy (non-hydrogen) atoms. The lowest BCUT2D eigenvalue weighted by molar-refractivity contribution is 0.0106. The number of carbonyl (C=O) groups is 2. The molecule has 2 amide bonds. The molecule has 2 heterocycles. The molecule has 6 heteroatoms. The van der Waals surface area contributed by atoms with Gasteiger partial charge in [-0.2, -0.15) is 0 Å². The fraction of sp³-hybridized carbons (Fsp3) is 0.300. The summed E-state index contributed by atoms with van der Waals surface area (Å²) in [6, 6.07) is 17.6. The van der Waals surface area contributed by atoms with Gasteiger partial charge in [-0.1, -0.05) is 48.5 Å². The van der Waals surface area contributed by atoms with Crippen LogP contribution in [0.15, 0.2) is 54.6 Å². The molecule has 134 valence electrons. The maximum absolute atomic E-state index is 12.7. The van der Waals surface area contributed by atoms with Crippen molar-refractivity contribution in [2.24, 2.45) is 0 Å². The summed E-state index contributed by atoms with van der Waals surface area (Å²) in [5.41, 5.74) is 2.25. The first-order valence-electron chi connectivity index (χ1n) is 8.71. The van der Waals surface area contributed by atoms with Crippen LogP contribution in [0.5, 0.6) is 0 Å². The molecule has 1 N–H and O–H groups in total. The third-order valence-corrected chi connectivity index (χ3v) is 4.97. The minimum absolute atomic E-state index is 0.145. The fourth-order valence-electron chi connectivity index (χ4n) is 3.45. The molecular formula is C20H20N2O4. The molecule has 2 aromatic rings. The molecule has 6 nitrogen and oxygen atoms in total. The molecule has 2 saturated heterocycles. The van der Waals surface area contributed by atoms with Crippen LogP contribution in [0.1, 0.15) is 12.8 Å². The SMILES string of the molecule is O=C1OCC2(CCN(C(=O)Nc3ccccc3-c3ccccc3)CC2)O1. The van der Waals surface area contributed by atoms with Crippen LogP contribution in [0.25, 0.3) is 11.1 Å². The summed E-state index contributed by atoms with van der Waals surface area (Å²) >= 11 is 0. The Labute approximate surface area is 151 Å². The van der Waals surface area contributed by atoms with Crippen molar-refractivity contribution < 1.29 is 19.1 Å². The molecule has 2 fully saturated rings. The van der Waals surface area contributed by atoms with Gasteiger partial charge in [-0.3, -0.25) is 0 Å². The van der Waals surface area contributed by atoms with Crippen LogP contribution in [0.4, 0.5) is 15.3 Å². The Kier molecular flexibility index (Phi) is 4.24. The van der Waals surface area contributed by atoms with E-state index in [4.69, 9.17) is 9.47 Å². The monoisotopic (exact) mass is 352 g/mol. The topological polar surface area (TPSA) is 67.9 Å². The Morgan fingerprint density at radius 1 is 1.00 bits per heavy atom. The van der Waals surface area contributed by atoms with Gasteiger partial charge in [-0.25, -0.2) is 9.59 Å². The number of amides is 2. The van der Waals surface area contributed by atoms with E-state index in [2.05, 4.69) is 5.32 Å². The third-order valence-electron chi connectivity index (χ3n) is 4.97. The molecule has 2 aliphatic rings. The second kappa shape index (κ2) is 6.71. The number of anilines is 1. The number of ether oxygens (including phenoxy) is 2. The van der Waals surface area contributed by atoms with Gasteiger partial charge in [0.05, 0.1) is 5.69 Å². The number of hydrogen-bond acceptors (Lipinski definition) is 4. The lowest BCUT2D eigenvalue weighted by Gasteiger charge is -2.36. The normalized spacial score (nSPS) is 18.3. The molecule has 0 radical (unpaired) electrons. The Bertz CT molecular complexity index is 814. The molecule has 1 spiro atoms. The van der Waals surface area contributed by atoms with Gasteiger partial charge in [-0.15, -0.1) is 0 Å². The largest absolute Gasteiger partial charge is 0.509 e. The van der Waals surface area contributed by atoms with E-state index in [0.29, 0.717) is 25.9 Å². The average molecular weight is 352 g/mol. The first kappa shape index (κ1) is 16.4. The molecule has 2 aromatic carbocycles. The zero-order valence-corrected chi connectivity index (χ0v) is 14.3. The van der Waals surface area contributed by atoms with E-state index in [0.717, 1.165) is 16.8 Å². The highest BCUT2D eigenvalue weighted by molar-refractivity contribution is 5.94. The molecular weight excluding hydrogens is 332 g/mol. The summed E-state index contributed by atoms with van der Waals surface area (Å²) in [6.45, 7) is 1.32. The number of benzene rings is 2. The lowest BCUT2D eigenvalue weighted by atomic mass is 9.92. The minimum atomic E-state index is -0.611. The molecule has 4 rings (SSSR count). The minimum Gasteiger partial charge on any atom is -0.430 e. The Morgan fingerprint density at radius 3 is 2.38 bits per heavy atom. The summed E-state index contributed by atoms with van der Waals surface area (Å²) in [5, 5.41) is 3.01. The first-order chi connectivity index (χ1) is 12.7. The van der Waals surface area contributed by atoms with Crippen LogP contribution in [-0.4, -0.2) is 42.4 Å². The van der Waals surface area contributed by atoms with Gasteiger partial charge in [0.25, 0.3) is 0 Å². The highest BCUT2D eigenvalue weighted by Crippen LogP contribution is 2.32. The first-order valence-corrected chi connectivity index (χ1v) is 8.71. The highest BCUT2D eigenvalue weighted by Gasteiger charge is 2.45. The fourth-order valence-corrected chi connectivity index (χ4v) is 3.45. The van der Waals surface area contributed by atoms with Crippen molar-refractivity contribution >= 4 is 17.9 Å². The summed E-state index contributed by atoms with van der Waals surface area (Å²) in [7, 11) is 0. The molecule has 2 aliphatic heterocycles. The van der Waals surface area contributed by atoms with E-state index >= 15 is 0 Å². The molecule has 0 unspecified atom stereocenters. The summed E-state index contributed by atoms with van der Waals surface area (Å²) in [6.07, 6.45) is 0.568. The van der Waals surface area contributed by atoms with Crippen LogP contribution in [0, 0.1) is 0 Å². The van der Waals surface area contributed by atoms with Gasteiger partial charge in [0, 0.05) is 31.5 Å². The van der Waals surface area contributed by atoms with Gasteiger partial charge >= 0.3 is 12.2 Å². The maximum Gasteiger partial charge on any atom is 0.509 e. The second-order valence-corrected chi connectivity index (χ2v) is 6.65. The van der Waals surface area contributed by atoms with Crippen molar-refractivity contribution in [1.82, 2.24) is 4.90 Å². The number of cyclic esters (lactones) is 1. The van der Waals surface area contributed by atoms with E-state index in [1.165, 1.54) is 0 Å². The predicted octanol–water partition coefficient (Wildman–Crippen LogP) is 3.89. The Balaban J connectivity index is 1.44. The number of hydrogen-bond donors (Lipinski definition) is 1. The molecule has 0 bridgehead atoms. The van der Waals surface area contributed by atoms with Crippen LogP contribution in [0.3, 0.4) is 0 Å². The van der Waals surface area contributed by atoms with Crippen LogP contribution < -0.4 is 5.32 Å². The van der Waals surface area contributed by atoms with Crippen molar-refractivity contribution in [2.75, 3.05) is 25.0 Å². The number of likely N-dealkylation sites (tertiary alicyclic amines) is 1. The number of nitrogens with one attached hydrogen (secondary N) is 1.